The molecule has 4 heteroatoms. The van der Waals surface area contributed by atoms with Crippen LogP contribution in [0.15, 0.2) is 0 Å². The second-order valence-corrected chi connectivity index (χ2v) is 2.28. The summed E-state index contributed by atoms with van der Waals surface area (Å²) in [6.45, 7) is 0. The van der Waals surface area contributed by atoms with Crippen LogP contribution in [0.5, 0.6) is 0 Å². The molecule has 0 aliphatic carbocycles. The first-order chi connectivity index (χ1) is 2.41. The summed E-state index contributed by atoms with van der Waals surface area (Å²) in [5.74, 6) is 0. The third kappa shape index (κ3) is 8.84. The molecule has 0 heterocycles. The van der Waals surface area contributed by atoms with E-state index in [0.717, 1.165) is 0 Å². The van der Waals surface area contributed by atoms with E-state index in [4.69, 9.17) is 0 Å². The van der Waals surface area contributed by atoms with Crippen molar-refractivity contribution in [1.29, 1.82) is 0 Å². The van der Waals surface area contributed by atoms with Crippen molar-refractivity contribution in [2.45, 2.75) is 0 Å². The molecule has 0 N–H and O–H groups in total. The average molecular weight is 173 g/mol. The largest absolute Gasteiger partial charge is 0.147 e. The van der Waals surface area contributed by atoms with Crippen molar-refractivity contribution in [3.05, 3.63) is 0 Å². The number of rotatable bonds is 2. The van der Waals surface area contributed by atoms with E-state index in [1.165, 1.54) is 0 Å². The Kier molecular flexibility index (Phi) is 15.2. The van der Waals surface area contributed by atoms with Crippen LogP contribution in [0.4, 0.5) is 0 Å². The van der Waals surface area contributed by atoms with Gasteiger partial charge in [0.2, 0.25) is 0 Å². The summed E-state index contributed by atoms with van der Waals surface area (Å²) in [6.07, 6.45) is 0. The van der Waals surface area contributed by atoms with E-state index >= 15 is 0 Å². The zero-order valence-electron chi connectivity index (χ0n) is 3.67. The van der Waals surface area contributed by atoms with E-state index < -0.39 is 0 Å². The molecule has 0 aromatic heterocycles. The van der Waals surface area contributed by atoms with Crippen molar-refractivity contribution in [2.75, 3.05) is 14.2 Å². The molecule has 0 fully saturated rings. The Morgan fingerprint density at radius 2 is 1.50 bits per heavy atom. The molecule has 0 atom stereocenters. The van der Waals surface area contributed by atoms with Gasteiger partial charge < -0.3 is 0 Å². The van der Waals surface area contributed by atoms with Gasteiger partial charge in [0, 0.05) is 0 Å². The SMILES string of the molecule is CO[As]OC.Cl. The van der Waals surface area contributed by atoms with Crippen LogP contribution in [-0.2, 0) is 7.45 Å². The molecule has 39 valence electrons. The maximum atomic E-state index is 4.56. The number of hydrogen-bond donors (Lipinski definition) is 0. The van der Waals surface area contributed by atoms with E-state index in [1.54, 1.807) is 14.2 Å². The molecule has 6 heavy (non-hydrogen) atoms. The van der Waals surface area contributed by atoms with Crippen LogP contribution in [0, 0.1) is 0 Å². The van der Waals surface area contributed by atoms with Crippen LogP contribution in [0.1, 0.15) is 0 Å². The molecule has 0 spiro atoms. The standard InChI is InChI=1S/C2H6AsO2.ClH/c1-4-3-5-2;/h1-2H3;1H. The molecule has 0 aliphatic rings. The number of halogens is 1. The molecule has 0 saturated heterocycles. The first-order valence-corrected chi connectivity index (χ1v) is 2.71. The average Bonchev–Trinajstić information content (AvgIpc) is 1.41. The van der Waals surface area contributed by atoms with Gasteiger partial charge in [-0.15, -0.1) is 12.4 Å². The minimum absolute atomic E-state index is 0. The topological polar surface area (TPSA) is 18.5 Å². The third-order valence-corrected chi connectivity index (χ3v) is 0.775. The van der Waals surface area contributed by atoms with Gasteiger partial charge in [0.25, 0.3) is 0 Å². The van der Waals surface area contributed by atoms with E-state index in [2.05, 4.69) is 7.45 Å². The van der Waals surface area contributed by atoms with E-state index in [1.807, 2.05) is 0 Å². The summed E-state index contributed by atoms with van der Waals surface area (Å²) in [5.41, 5.74) is 0. The molecule has 0 aromatic carbocycles. The zero-order valence-corrected chi connectivity index (χ0v) is 6.37. The van der Waals surface area contributed by atoms with Gasteiger partial charge in [-0.25, -0.2) is 0 Å². The smallest absolute Gasteiger partial charge is 0.147 e. The fourth-order valence-corrected chi connectivity index (χ4v) is 0.387. The van der Waals surface area contributed by atoms with Crippen molar-refractivity contribution in [3.8, 4) is 0 Å². The Morgan fingerprint density at radius 3 is 1.50 bits per heavy atom. The minimum Gasteiger partial charge on any atom is -0.147 e. The molecule has 0 aromatic rings. The van der Waals surface area contributed by atoms with Crippen molar-refractivity contribution in [1.82, 2.24) is 0 Å². The van der Waals surface area contributed by atoms with Crippen LogP contribution < -0.4 is 0 Å². The Morgan fingerprint density at radius 1 is 1.17 bits per heavy atom. The molecule has 0 bridgehead atoms. The van der Waals surface area contributed by atoms with Crippen LogP contribution in [0.3, 0.4) is 0 Å². The fourth-order valence-electron chi connectivity index (χ4n) is 0.0745. The first-order valence-electron chi connectivity index (χ1n) is 1.18. The quantitative estimate of drug-likeness (QED) is 0.557. The Hall–Kier alpha value is 0.768. The van der Waals surface area contributed by atoms with Crippen molar-refractivity contribution >= 4 is 28.8 Å². The van der Waals surface area contributed by atoms with Crippen LogP contribution >= 0.6 is 12.4 Å². The molecule has 2 nitrogen and oxygen atoms in total. The summed E-state index contributed by atoms with van der Waals surface area (Å²) in [5, 5.41) is 0. The second kappa shape index (κ2) is 9.24. The Labute approximate surface area is 51.0 Å². The maximum absolute atomic E-state index is 4.56. The minimum atomic E-state index is -0.257. The van der Waals surface area contributed by atoms with Crippen LogP contribution in [-0.4, -0.2) is 30.7 Å². The van der Waals surface area contributed by atoms with Crippen LogP contribution in [0.2, 0.25) is 0 Å². The van der Waals surface area contributed by atoms with Gasteiger partial charge in [0.1, 0.15) is 0 Å². The molecule has 0 amide bonds. The summed E-state index contributed by atoms with van der Waals surface area (Å²) in [4.78, 5) is 0. The van der Waals surface area contributed by atoms with Gasteiger partial charge in [-0.3, -0.25) is 0 Å². The Bertz CT molecular complexity index is 19.0. The maximum Gasteiger partial charge on any atom is -0.147 e. The molecule has 0 aliphatic heterocycles. The van der Waals surface area contributed by atoms with Crippen molar-refractivity contribution in [2.24, 2.45) is 0 Å². The summed E-state index contributed by atoms with van der Waals surface area (Å²) in [7, 11) is 3.26. The third-order valence-electron chi connectivity index (χ3n) is 0.149. The van der Waals surface area contributed by atoms with E-state index in [-0.39, 0.29) is 28.8 Å². The summed E-state index contributed by atoms with van der Waals surface area (Å²) in [6, 6.07) is 0. The fraction of sp³-hybridized carbons (Fsp3) is 1.00. The predicted molar refractivity (Wildman–Crippen MR) is 27.0 cm³/mol. The van der Waals surface area contributed by atoms with Gasteiger partial charge in [-0.1, -0.05) is 0 Å². The van der Waals surface area contributed by atoms with Gasteiger partial charge in [0.05, 0.1) is 0 Å². The normalized spacial score (nSPS) is 7.00. The van der Waals surface area contributed by atoms with Gasteiger partial charge in [0.15, 0.2) is 0 Å². The molecule has 0 unspecified atom stereocenters. The molecular weight excluding hydrogens is 166 g/mol. The second-order valence-electron chi connectivity index (χ2n) is 0.440. The monoisotopic (exact) mass is 173 g/mol. The Balaban J connectivity index is 0. The molecule has 0 rings (SSSR count). The van der Waals surface area contributed by atoms with Gasteiger partial charge in [-0.05, 0) is 0 Å². The molecular formula is C2H7AsClO2. The van der Waals surface area contributed by atoms with Crippen LogP contribution in [0.25, 0.3) is 0 Å². The van der Waals surface area contributed by atoms with Crippen molar-refractivity contribution < 1.29 is 7.45 Å². The van der Waals surface area contributed by atoms with E-state index in [9.17, 15) is 0 Å². The van der Waals surface area contributed by atoms with Gasteiger partial charge in [-0.2, -0.15) is 0 Å². The number of hydrogen-bond acceptors (Lipinski definition) is 2. The zero-order chi connectivity index (χ0) is 4.12. The first kappa shape index (κ1) is 9.90. The predicted octanol–water partition coefficient (Wildman–Crippen LogP) is 0.235. The molecule has 1 radical (unpaired) electrons. The summed E-state index contributed by atoms with van der Waals surface area (Å²) >= 11 is -0.257. The molecule has 0 saturated carbocycles. The van der Waals surface area contributed by atoms with E-state index in [0.29, 0.717) is 0 Å². The van der Waals surface area contributed by atoms with Gasteiger partial charge >= 0.3 is 38.1 Å². The van der Waals surface area contributed by atoms with Crippen molar-refractivity contribution in [3.63, 3.8) is 0 Å². The summed E-state index contributed by atoms with van der Waals surface area (Å²) < 4.78 is 9.12.